The van der Waals surface area contributed by atoms with Crippen LogP contribution in [0.2, 0.25) is 0 Å². The predicted molar refractivity (Wildman–Crippen MR) is 80.1 cm³/mol. The summed E-state index contributed by atoms with van der Waals surface area (Å²) in [5.41, 5.74) is 0.867. The lowest BCUT2D eigenvalue weighted by Crippen LogP contribution is -2.41. The van der Waals surface area contributed by atoms with Crippen LogP contribution in [0.5, 0.6) is 0 Å². The standard InChI is InChI=1S/C17H24F2N2/c1-12(14-4-5-15(18)16(19)11-14)21-9-6-13(7-10-21)17-3-2-8-20-17/h4-5,11-13,17,20H,2-3,6-10H2,1H3. The molecule has 0 amide bonds. The Labute approximate surface area is 125 Å². The van der Waals surface area contributed by atoms with Crippen molar-refractivity contribution in [2.24, 2.45) is 5.92 Å². The van der Waals surface area contributed by atoms with Crippen LogP contribution in [0.25, 0.3) is 0 Å². The second-order valence-electron chi connectivity index (χ2n) is 6.43. The van der Waals surface area contributed by atoms with Crippen molar-refractivity contribution in [3.63, 3.8) is 0 Å². The summed E-state index contributed by atoms with van der Waals surface area (Å²) in [7, 11) is 0. The Morgan fingerprint density at radius 1 is 1.14 bits per heavy atom. The SMILES string of the molecule is CC(c1ccc(F)c(F)c1)N1CCC(C2CCCN2)CC1. The van der Waals surface area contributed by atoms with Crippen molar-refractivity contribution in [2.75, 3.05) is 19.6 Å². The molecule has 2 saturated heterocycles. The largest absolute Gasteiger partial charge is 0.314 e. The fourth-order valence-corrected chi connectivity index (χ4v) is 3.81. The van der Waals surface area contributed by atoms with Crippen molar-refractivity contribution < 1.29 is 8.78 Å². The summed E-state index contributed by atoms with van der Waals surface area (Å²) in [4.78, 5) is 2.39. The molecule has 2 fully saturated rings. The van der Waals surface area contributed by atoms with Gasteiger partial charge in [0.1, 0.15) is 0 Å². The van der Waals surface area contributed by atoms with Crippen LogP contribution in [0.3, 0.4) is 0 Å². The zero-order chi connectivity index (χ0) is 14.8. The lowest BCUT2D eigenvalue weighted by molar-refractivity contribution is 0.126. The number of halogens is 2. The zero-order valence-electron chi connectivity index (χ0n) is 12.6. The number of nitrogens with one attached hydrogen (secondary N) is 1. The summed E-state index contributed by atoms with van der Waals surface area (Å²) in [5.74, 6) is -0.734. The third-order valence-electron chi connectivity index (χ3n) is 5.22. The van der Waals surface area contributed by atoms with E-state index in [1.807, 2.05) is 0 Å². The van der Waals surface area contributed by atoms with E-state index in [4.69, 9.17) is 0 Å². The average Bonchev–Trinajstić information content (AvgIpc) is 3.04. The van der Waals surface area contributed by atoms with Gasteiger partial charge in [0.2, 0.25) is 0 Å². The second kappa shape index (κ2) is 6.41. The molecule has 0 bridgehead atoms. The molecule has 1 aromatic rings. The maximum absolute atomic E-state index is 13.4. The molecule has 1 aromatic carbocycles. The highest BCUT2D eigenvalue weighted by molar-refractivity contribution is 5.21. The van der Waals surface area contributed by atoms with E-state index in [9.17, 15) is 8.78 Å². The number of rotatable bonds is 3. The average molecular weight is 294 g/mol. The third-order valence-corrected chi connectivity index (χ3v) is 5.22. The number of likely N-dealkylation sites (tertiary alicyclic amines) is 1. The van der Waals surface area contributed by atoms with E-state index in [0.29, 0.717) is 6.04 Å². The minimum absolute atomic E-state index is 0.151. The molecular formula is C17H24F2N2. The number of hydrogen-bond acceptors (Lipinski definition) is 2. The first-order valence-corrected chi connectivity index (χ1v) is 8.07. The molecule has 2 heterocycles. The normalized spacial score (nSPS) is 26.1. The van der Waals surface area contributed by atoms with Crippen LogP contribution in [-0.4, -0.2) is 30.6 Å². The molecule has 0 aliphatic carbocycles. The summed E-state index contributed by atoms with van der Waals surface area (Å²) in [6.45, 7) is 5.34. The molecule has 2 unspecified atom stereocenters. The zero-order valence-corrected chi connectivity index (χ0v) is 12.6. The Bertz CT molecular complexity index is 478. The molecule has 2 atom stereocenters. The smallest absolute Gasteiger partial charge is 0.159 e. The molecule has 1 N–H and O–H groups in total. The van der Waals surface area contributed by atoms with E-state index in [-0.39, 0.29) is 6.04 Å². The monoisotopic (exact) mass is 294 g/mol. The van der Waals surface area contributed by atoms with E-state index >= 15 is 0 Å². The molecule has 21 heavy (non-hydrogen) atoms. The summed E-state index contributed by atoms with van der Waals surface area (Å²) in [6, 6.07) is 5.12. The number of hydrogen-bond donors (Lipinski definition) is 1. The first-order chi connectivity index (χ1) is 10.1. The van der Waals surface area contributed by atoms with E-state index in [1.165, 1.54) is 37.8 Å². The second-order valence-corrected chi connectivity index (χ2v) is 6.43. The van der Waals surface area contributed by atoms with Crippen LogP contribution >= 0.6 is 0 Å². The fraction of sp³-hybridized carbons (Fsp3) is 0.647. The van der Waals surface area contributed by atoms with Gasteiger partial charge in [-0.15, -0.1) is 0 Å². The first kappa shape index (κ1) is 14.9. The molecule has 0 radical (unpaired) electrons. The summed E-state index contributed by atoms with van der Waals surface area (Å²) in [6.07, 6.45) is 5.01. The Morgan fingerprint density at radius 3 is 2.52 bits per heavy atom. The number of nitrogens with zero attached hydrogens (tertiary/aromatic N) is 1. The predicted octanol–water partition coefficient (Wildman–Crippen LogP) is 3.49. The highest BCUT2D eigenvalue weighted by Gasteiger charge is 2.30. The number of benzene rings is 1. The Morgan fingerprint density at radius 2 is 1.90 bits per heavy atom. The van der Waals surface area contributed by atoms with Gasteiger partial charge in [-0.3, -0.25) is 4.90 Å². The van der Waals surface area contributed by atoms with Crippen LogP contribution < -0.4 is 5.32 Å². The Hall–Kier alpha value is -1.00. The van der Waals surface area contributed by atoms with Gasteiger partial charge >= 0.3 is 0 Å². The fourth-order valence-electron chi connectivity index (χ4n) is 3.81. The van der Waals surface area contributed by atoms with Crippen LogP contribution in [-0.2, 0) is 0 Å². The highest BCUT2D eigenvalue weighted by Crippen LogP contribution is 2.30. The Kier molecular flexibility index (Phi) is 4.55. The lowest BCUT2D eigenvalue weighted by Gasteiger charge is -2.38. The van der Waals surface area contributed by atoms with Gasteiger partial charge in [-0.25, -0.2) is 8.78 Å². The van der Waals surface area contributed by atoms with E-state index in [1.54, 1.807) is 6.07 Å². The summed E-state index contributed by atoms with van der Waals surface area (Å²) in [5, 5.41) is 3.61. The van der Waals surface area contributed by atoms with E-state index in [2.05, 4.69) is 17.1 Å². The molecule has 4 heteroatoms. The van der Waals surface area contributed by atoms with Crippen LogP contribution in [0.1, 0.15) is 44.2 Å². The summed E-state index contributed by atoms with van der Waals surface area (Å²) < 4.78 is 26.4. The third kappa shape index (κ3) is 3.27. The Balaban J connectivity index is 1.59. The minimum atomic E-state index is -0.767. The molecule has 0 saturated carbocycles. The van der Waals surface area contributed by atoms with Crippen molar-refractivity contribution in [1.29, 1.82) is 0 Å². The maximum atomic E-state index is 13.4. The number of piperidine rings is 1. The van der Waals surface area contributed by atoms with Gasteiger partial charge < -0.3 is 5.32 Å². The van der Waals surface area contributed by atoms with Crippen LogP contribution in [0, 0.1) is 17.6 Å². The summed E-state index contributed by atoms with van der Waals surface area (Å²) >= 11 is 0. The highest BCUT2D eigenvalue weighted by atomic mass is 19.2. The van der Waals surface area contributed by atoms with Crippen molar-refractivity contribution in [3.8, 4) is 0 Å². The lowest BCUT2D eigenvalue weighted by atomic mass is 9.87. The van der Waals surface area contributed by atoms with Gasteiger partial charge in [0, 0.05) is 12.1 Å². The molecule has 2 aliphatic heterocycles. The van der Waals surface area contributed by atoms with Gasteiger partial charge in [-0.2, -0.15) is 0 Å². The molecule has 0 spiro atoms. The van der Waals surface area contributed by atoms with Gasteiger partial charge in [-0.1, -0.05) is 6.07 Å². The topological polar surface area (TPSA) is 15.3 Å². The quantitative estimate of drug-likeness (QED) is 0.918. The van der Waals surface area contributed by atoms with Gasteiger partial charge in [-0.05, 0) is 75.9 Å². The first-order valence-electron chi connectivity index (χ1n) is 8.07. The molecular weight excluding hydrogens is 270 g/mol. The van der Waals surface area contributed by atoms with Gasteiger partial charge in [0.05, 0.1) is 0 Å². The van der Waals surface area contributed by atoms with Crippen molar-refractivity contribution in [1.82, 2.24) is 10.2 Å². The molecule has 0 aromatic heterocycles. The molecule has 3 rings (SSSR count). The van der Waals surface area contributed by atoms with E-state index < -0.39 is 11.6 Å². The van der Waals surface area contributed by atoms with Gasteiger partial charge in [0.15, 0.2) is 11.6 Å². The van der Waals surface area contributed by atoms with Crippen molar-refractivity contribution in [2.45, 2.75) is 44.7 Å². The van der Waals surface area contributed by atoms with Crippen LogP contribution in [0.4, 0.5) is 8.78 Å². The van der Waals surface area contributed by atoms with Gasteiger partial charge in [0.25, 0.3) is 0 Å². The molecule has 2 aliphatic rings. The minimum Gasteiger partial charge on any atom is -0.314 e. The maximum Gasteiger partial charge on any atom is 0.159 e. The molecule has 116 valence electrons. The van der Waals surface area contributed by atoms with E-state index in [0.717, 1.165) is 31.1 Å². The van der Waals surface area contributed by atoms with Crippen molar-refractivity contribution in [3.05, 3.63) is 35.4 Å². The van der Waals surface area contributed by atoms with Crippen molar-refractivity contribution >= 4 is 0 Å². The van der Waals surface area contributed by atoms with Crippen LogP contribution in [0.15, 0.2) is 18.2 Å². The molecule has 2 nitrogen and oxygen atoms in total.